The first-order valence-electron chi connectivity index (χ1n) is 6.47. The SMILES string of the molecule is C.CCCCCOC(=O)C=CC(=O)O.O=C(O)CC(O)(F)C(=O)O. The standard InChI is InChI=1S/C9H14O4.C4H5FO5.CH4/c1-2-3-4-7-13-9(12)6-5-8(10)11;5-4(10,3(8)9)1-2(6)7;/h5-6H,2-4,7H2,1H3,(H,10,11);10H,1H2,(H,6,7)(H,8,9);1H4. The van der Waals surface area contributed by atoms with Crippen LogP contribution in [0.1, 0.15) is 40.0 Å². The fraction of sp³-hybridized carbons (Fsp3) is 0.571. The Hall–Kier alpha value is -2.49. The Labute approximate surface area is 138 Å². The van der Waals surface area contributed by atoms with Gasteiger partial charge in [0.05, 0.1) is 6.61 Å². The van der Waals surface area contributed by atoms with Crippen LogP contribution in [0.4, 0.5) is 4.39 Å². The van der Waals surface area contributed by atoms with E-state index >= 15 is 0 Å². The van der Waals surface area contributed by atoms with Crippen molar-refractivity contribution in [2.24, 2.45) is 0 Å². The van der Waals surface area contributed by atoms with Crippen molar-refractivity contribution in [2.45, 2.75) is 45.9 Å². The number of hydrogen-bond donors (Lipinski definition) is 4. The second-order valence-electron chi connectivity index (χ2n) is 4.18. The van der Waals surface area contributed by atoms with Crippen LogP contribution in [-0.2, 0) is 23.9 Å². The molecule has 0 bridgehead atoms. The zero-order chi connectivity index (χ0) is 18.5. The van der Waals surface area contributed by atoms with Gasteiger partial charge >= 0.3 is 29.7 Å². The third-order valence-electron chi connectivity index (χ3n) is 2.07. The quantitative estimate of drug-likeness (QED) is 0.271. The Kier molecular flexibility index (Phi) is 15.5. The lowest BCUT2D eigenvalue weighted by Crippen LogP contribution is -2.35. The summed E-state index contributed by atoms with van der Waals surface area (Å²) in [6.07, 6.45) is 3.11. The minimum atomic E-state index is -3.66. The summed E-state index contributed by atoms with van der Waals surface area (Å²) < 4.78 is 16.7. The third-order valence-corrected chi connectivity index (χ3v) is 2.07. The average Bonchev–Trinajstić information content (AvgIpc) is 2.40. The molecule has 10 heteroatoms. The van der Waals surface area contributed by atoms with E-state index in [1.165, 1.54) is 0 Å². The molecule has 0 aliphatic heterocycles. The molecule has 0 aromatic rings. The first kappa shape index (κ1) is 26.4. The van der Waals surface area contributed by atoms with Gasteiger partial charge in [-0.25, -0.2) is 14.4 Å². The molecule has 4 N–H and O–H groups in total. The molecule has 0 heterocycles. The highest BCUT2D eigenvalue weighted by Gasteiger charge is 2.38. The number of rotatable bonds is 9. The number of unbranched alkanes of at least 4 members (excludes halogenated alkanes) is 2. The minimum Gasteiger partial charge on any atom is -0.481 e. The fourth-order valence-electron chi connectivity index (χ4n) is 0.988. The maximum atomic E-state index is 12.0. The molecule has 0 rings (SSSR count). The van der Waals surface area contributed by atoms with Crippen molar-refractivity contribution >= 4 is 23.9 Å². The van der Waals surface area contributed by atoms with Gasteiger partial charge in [-0.2, -0.15) is 4.39 Å². The van der Waals surface area contributed by atoms with Crippen molar-refractivity contribution in [1.29, 1.82) is 0 Å². The average molecular weight is 354 g/mol. The number of aliphatic carboxylic acids is 3. The maximum Gasteiger partial charge on any atom is 0.370 e. The van der Waals surface area contributed by atoms with Crippen LogP contribution in [0.2, 0.25) is 0 Å². The van der Waals surface area contributed by atoms with Crippen LogP contribution in [0, 0.1) is 0 Å². The molecule has 0 radical (unpaired) electrons. The van der Waals surface area contributed by atoms with Crippen LogP contribution in [0.15, 0.2) is 12.2 Å². The second kappa shape index (κ2) is 14.1. The van der Waals surface area contributed by atoms with Crippen molar-refractivity contribution in [3.8, 4) is 0 Å². The number of ether oxygens (including phenoxy) is 1. The van der Waals surface area contributed by atoms with Crippen LogP contribution >= 0.6 is 0 Å². The summed E-state index contributed by atoms with van der Waals surface area (Å²) in [6.45, 7) is 2.41. The number of halogens is 1. The maximum absolute atomic E-state index is 12.0. The number of carboxylic acids is 3. The highest BCUT2D eigenvalue weighted by Crippen LogP contribution is 2.11. The van der Waals surface area contributed by atoms with Crippen LogP contribution in [0.5, 0.6) is 0 Å². The zero-order valence-electron chi connectivity index (χ0n) is 12.4. The molecule has 24 heavy (non-hydrogen) atoms. The lowest BCUT2D eigenvalue weighted by Gasteiger charge is -2.08. The highest BCUT2D eigenvalue weighted by molar-refractivity contribution is 5.90. The van der Waals surface area contributed by atoms with E-state index in [4.69, 9.17) is 25.2 Å². The van der Waals surface area contributed by atoms with Crippen molar-refractivity contribution in [3.63, 3.8) is 0 Å². The first-order valence-corrected chi connectivity index (χ1v) is 6.47. The molecular formula is C14H23FO9. The van der Waals surface area contributed by atoms with E-state index in [0.29, 0.717) is 6.61 Å². The summed E-state index contributed by atoms with van der Waals surface area (Å²) in [5.41, 5.74) is 0. The van der Waals surface area contributed by atoms with E-state index in [2.05, 4.69) is 0 Å². The first-order chi connectivity index (χ1) is 10.5. The summed E-state index contributed by atoms with van der Waals surface area (Å²) in [4.78, 5) is 40.0. The van der Waals surface area contributed by atoms with Crippen molar-refractivity contribution < 1.29 is 48.7 Å². The summed E-state index contributed by atoms with van der Waals surface area (Å²) in [5, 5.41) is 31.9. The topological polar surface area (TPSA) is 158 Å². The van der Waals surface area contributed by atoms with Gasteiger partial charge in [-0.1, -0.05) is 27.2 Å². The van der Waals surface area contributed by atoms with Crippen LogP contribution in [-0.4, -0.2) is 56.8 Å². The number of hydrogen-bond acceptors (Lipinski definition) is 6. The zero-order valence-corrected chi connectivity index (χ0v) is 12.4. The van der Waals surface area contributed by atoms with Gasteiger partial charge in [0, 0.05) is 12.2 Å². The summed E-state index contributed by atoms with van der Waals surface area (Å²) in [5.74, 6) is -9.32. The smallest absolute Gasteiger partial charge is 0.370 e. The predicted molar refractivity (Wildman–Crippen MR) is 79.9 cm³/mol. The highest BCUT2D eigenvalue weighted by atomic mass is 19.2. The molecule has 0 spiro atoms. The molecule has 0 aliphatic rings. The van der Waals surface area contributed by atoms with Gasteiger partial charge in [0.15, 0.2) is 0 Å². The van der Waals surface area contributed by atoms with E-state index < -0.39 is 36.2 Å². The van der Waals surface area contributed by atoms with E-state index in [1.807, 2.05) is 6.92 Å². The number of alkyl halides is 1. The molecule has 9 nitrogen and oxygen atoms in total. The van der Waals surface area contributed by atoms with Gasteiger partial charge in [-0.3, -0.25) is 4.79 Å². The van der Waals surface area contributed by atoms with E-state index in [9.17, 15) is 23.6 Å². The molecule has 0 saturated heterocycles. The van der Waals surface area contributed by atoms with Gasteiger partial charge in [0.1, 0.15) is 6.42 Å². The number of carbonyl (C=O) groups excluding carboxylic acids is 1. The van der Waals surface area contributed by atoms with Crippen molar-refractivity contribution in [2.75, 3.05) is 6.61 Å². The summed E-state index contributed by atoms with van der Waals surface area (Å²) in [7, 11) is 0. The minimum absolute atomic E-state index is 0. The van der Waals surface area contributed by atoms with E-state index in [1.54, 1.807) is 0 Å². The number of aliphatic hydroxyl groups is 1. The van der Waals surface area contributed by atoms with Crippen LogP contribution in [0.3, 0.4) is 0 Å². The molecule has 0 aromatic heterocycles. The predicted octanol–water partition coefficient (Wildman–Crippen LogP) is 1.20. The van der Waals surface area contributed by atoms with Crippen molar-refractivity contribution in [1.82, 2.24) is 0 Å². The van der Waals surface area contributed by atoms with Gasteiger partial charge < -0.3 is 25.2 Å². The molecule has 1 unspecified atom stereocenters. The lowest BCUT2D eigenvalue weighted by atomic mass is 10.2. The molecule has 0 aliphatic carbocycles. The second-order valence-corrected chi connectivity index (χ2v) is 4.18. The molecule has 1 atom stereocenters. The largest absolute Gasteiger partial charge is 0.481 e. The van der Waals surface area contributed by atoms with E-state index in [0.717, 1.165) is 31.4 Å². The summed E-state index contributed by atoms with van der Waals surface area (Å²) in [6, 6.07) is 0. The number of esters is 1. The molecule has 0 saturated carbocycles. The third kappa shape index (κ3) is 17.6. The Morgan fingerprint density at radius 2 is 1.62 bits per heavy atom. The Bertz CT molecular complexity index is 444. The number of carbonyl (C=O) groups is 4. The Morgan fingerprint density at radius 1 is 1.08 bits per heavy atom. The normalized spacial score (nSPS) is 12.1. The molecule has 0 amide bonds. The van der Waals surface area contributed by atoms with Gasteiger partial charge in [0.25, 0.3) is 0 Å². The monoisotopic (exact) mass is 354 g/mol. The number of carboxylic acid groups (broad SMARTS) is 3. The molecule has 140 valence electrons. The van der Waals surface area contributed by atoms with Crippen LogP contribution in [0.25, 0.3) is 0 Å². The Balaban J connectivity index is -0.000000364. The lowest BCUT2D eigenvalue weighted by molar-refractivity contribution is -0.186. The Morgan fingerprint density at radius 3 is 1.96 bits per heavy atom. The molecule has 0 fully saturated rings. The molecule has 0 aromatic carbocycles. The van der Waals surface area contributed by atoms with Gasteiger partial charge in [-0.05, 0) is 6.42 Å². The van der Waals surface area contributed by atoms with E-state index in [-0.39, 0.29) is 7.43 Å². The van der Waals surface area contributed by atoms with Crippen molar-refractivity contribution in [3.05, 3.63) is 12.2 Å². The fourth-order valence-corrected chi connectivity index (χ4v) is 0.988. The van der Waals surface area contributed by atoms with Gasteiger partial charge in [-0.15, -0.1) is 0 Å². The van der Waals surface area contributed by atoms with Gasteiger partial charge in [0.2, 0.25) is 0 Å². The summed E-state index contributed by atoms with van der Waals surface area (Å²) >= 11 is 0. The molecular weight excluding hydrogens is 331 g/mol. The van der Waals surface area contributed by atoms with Crippen LogP contribution < -0.4 is 0 Å².